The van der Waals surface area contributed by atoms with E-state index in [1.54, 1.807) is 0 Å². The summed E-state index contributed by atoms with van der Waals surface area (Å²) < 4.78 is 0. The fourth-order valence-electron chi connectivity index (χ4n) is 5.86. The number of nitrogens with zero attached hydrogens (tertiary/aromatic N) is 2. The van der Waals surface area contributed by atoms with Crippen LogP contribution in [0.15, 0.2) is 42.5 Å². The molecule has 2 bridgehead atoms. The standard InChI is InChI=1S/C24H28N2O3/c27-22(25-13-5-2-6-14-25)19(15-16-7-3-1-4-8-16)26-23(28)20-17-9-10-18(12-11-17)21(20)24(26)29/h1,3-4,7-10,17-21H,2,5-6,11-15H2. The molecule has 5 atom stereocenters. The maximum Gasteiger partial charge on any atom is 0.246 e. The molecule has 5 unspecified atom stereocenters. The van der Waals surface area contributed by atoms with Gasteiger partial charge in [0.2, 0.25) is 17.7 Å². The lowest BCUT2D eigenvalue weighted by Gasteiger charge is -2.38. The van der Waals surface area contributed by atoms with Crippen molar-refractivity contribution in [1.29, 1.82) is 0 Å². The van der Waals surface area contributed by atoms with Crippen molar-refractivity contribution >= 4 is 17.7 Å². The van der Waals surface area contributed by atoms with Gasteiger partial charge in [-0.1, -0.05) is 42.5 Å². The van der Waals surface area contributed by atoms with Gasteiger partial charge in [0.25, 0.3) is 0 Å². The van der Waals surface area contributed by atoms with E-state index in [1.807, 2.05) is 35.2 Å². The first-order valence-corrected chi connectivity index (χ1v) is 11.0. The molecule has 6 rings (SSSR count). The van der Waals surface area contributed by atoms with Gasteiger partial charge in [-0.05, 0) is 49.5 Å². The Morgan fingerprint density at radius 3 is 2.03 bits per heavy atom. The molecule has 1 saturated carbocycles. The molecule has 1 aromatic carbocycles. The normalized spacial score (nSPS) is 31.9. The van der Waals surface area contributed by atoms with Gasteiger partial charge in [0.1, 0.15) is 6.04 Å². The molecule has 5 heteroatoms. The minimum absolute atomic E-state index is 0.0609. The van der Waals surface area contributed by atoms with Gasteiger partial charge in [-0.25, -0.2) is 0 Å². The van der Waals surface area contributed by atoms with Gasteiger partial charge in [-0.15, -0.1) is 0 Å². The van der Waals surface area contributed by atoms with Crippen LogP contribution in [0.1, 0.15) is 37.7 Å². The summed E-state index contributed by atoms with van der Waals surface area (Å²) >= 11 is 0. The van der Waals surface area contributed by atoms with Crippen LogP contribution in [-0.4, -0.2) is 46.7 Å². The Balaban J connectivity index is 1.48. The van der Waals surface area contributed by atoms with Crippen LogP contribution in [0.2, 0.25) is 0 Å². The first-order chi connectivity index (χ1) is 14.1. The van der Waals surface area contributed by atoms with Crippen LogP contribution < -0.4 is 0 Å². The second kappa shape index (κ2) is 7.43. The Morgan fingerprint density at radius 2 is 1.48 bits per heavy atom. The van der Waals surface area contributed by atoms with Crippen LogP contribution >= 0.6 is 0 Å². The molecule has 3 aliphatic carbocycles. The third-order valence-electron chi connectivity index (χ3n) is 7.33. The maximum absolute atomic E-state index is 13.5. The van der Waals surface area contributed by atoms with Gasteiger partial charge in [-0.3, -0.25) is 19.3 Å². The third-order valence-corrected chi connectivity index (χ3v) is 7.33. The zero-order chi connectivity index (χ0) is 20.0. The molecule has 5 nitrogen and oxygen atoms in total. The van der Waals surface area contributed by atoms with Crippen LogP contribution in [-0.2, 0) is 20.8 Å². The highest BCUT2D eigenvalue weighted by atomic mass is 16.2. The van der Waals surface area contributed by atoms with Gasteiger partial charge in [0.05, 0.1) is 11.8 Å². The number of hydrogen-bond donors (Lipinski definition) is 0. The smallest absolute Gasteiger partial charge is 0.246 e. The average molecular weight is 392 g/mol. The Hall–Kier alpha value is -2.43. The highest BCUT2D eigenvalue weighted by molar-refractivity contribution is 6.09. The summed E-state index contributed by atoms with van der Waals surface area (Å²) in [5.74, 6) is -0.537. The minimum Gasteiger partial charge on any atom is -0.341 e. The summed E-state index contributed by atoms with van der Waals surface area (Å²) in [5, 5.41) is 0. The number of carbonyl (C=O) groups excluding carboxylic acids is 3. The Morgan fingerprint density at radius 1 is 0.897 bits per heavy atom. The molecule has 2 saturated heterocycles. The van der Waals surface area contributed by atoms with E-state index >= 15 is 0 Å². The molecule has 2 aliphatic heterocycles. The van der Waals surface area contributed by atoms with Gasteiger partial charge >= 0.3 is 0 Å². The number of imide groups is 1. The molecule has 29 heavy (non-hydrogen) atoms. The van der Waals surface area contributed by atoms with E-state index in [0.29, 0.717) is 6.42 Å². The predicted octanol–water partition coefficient (Wildman–Crippen LogP) is 2.81. The van der Waals surface area contributed by atoms with Crippen molar-refractivity contribution in [2.24, 2.45) is 23.7 Å². The number of amides is 3. The number of hydrogen-bond acceptors (Lipinski definition) is 3. The Bertz CT molecular complexity index is 811. The lowest BCUT2D eigenvalue weighted by molar-refractivity contribution is -0.152. The Kier molecular flexibility index (Phi) is 4.76. The van der Waals surface area contributed by atoms with Crippen LogP contribution in [0.4, 0.5) is 0 Å². The maximum atomic E-state index is 13.5. The fraction of sp³-hybridized carbons (Fsp3) is 0.542. The molecule has 3 amide bonds. The van der Waals surface area contributed by atoms with Crippen LogP contribution in [0.3, 0.4) is 0 Å². The summed E-state index contributed by atoms with van der Waals surface area (Å²) in [7, 11) is 0. The van der Waals surface area contributed by atoms with Crippen molar-refractivity contribution in [2.75, 3.05) is 13.1 Å². The van der Waals surface area contributed by atoms with E-state index in [-0.39, 0.29) is 41.4 Å². The number of allylic oxidation sites excluding steroid dienone is 2. The van der Waals surface area contributed by atoms with Crippen molar-refractivity contribution < 1.29 is 14.4 Å². The zero-order valence-corrected chi connectivity index (χ0v) is 16.7. The number of piperidine rings is 1. The molecule has 5 aliphatic rings. The monoisotopic (exact) mass is 392 g/mol. The zero-order valence-electron chi connectivity index (χ0n) is 16.7. The van der Waals surface area contributed by atoms with E-state index in [0.717, 1.165) is 50.8 Å². The number of rotatable bonds is 4. The Labute approximate surface area is 171 Å². The summed E-state index contributed by atoms with van der Waals surface area (Å²) in [6.07, 6.45) is 9.71. The van der Waals surface area contributed by atoms with Gasteiger partial charge in [-0.2, -0.15) is 0 Å². The number of benzene rings is 1. The van der Waals surface area contributed by atoms with Crippen molar-refractivity contribution in [3.63, 3.8) is 0 Å². The topological polar surface area (TPSA) is 57.7 Å². The van der Waals surface area contributed by atoms with Crippen LogP contribution in [0, 0.1) is 23.7 Å². The SMILES string of the molecule is O=C(C(Cc1ccccc1)N1C(=O)C2C3C=CC(CC3)C2C1=O)N1CCCCC1. The fourth-order valence-corrected chi connectivity index (χ4v) is 5.86. The van der Waals surface area contributed by atoms with Crippen LogP contribution in [0.25, 0.3) is 0 Å². The molecule has 0 aromatic heterocycles. The average Bonchev–Trinajstić information content (AvgIpc) is 3.06. The quantitative estimate of drug-likeness (QED) is 0.585. The highest BCUT2D eigenvalue weighted by Crippen LogP contribution is 2.50. The highest BCUT2D eigenvalue weighted by Gasteiger charge is 2.58. The van der Waals surface area contributed by atoms with E-state index in [9.17, 15) is 14.4 Å². The van der Waals surface area contributed by atoms with Crippen molar-refractivity contribution in [2.45, 2.75) is 44.6 Å². The molecule has 0 radical (unpaired) electrons. The molecule has 0 spiro atoms. The first kappa shape index (κ1) is 18.6. The predicted molar refractivity (Wildman–Crippen MR) is 109 cm³/mol. The lowest BCUT2D eigenvalue weighted by Crippen LogP contribution is -2.53. The second-order valence-corrected chi connectivity index (χ2v) is 8.98. The number of likely N-dealkylation sites (tertiary alicyclic amines) is 2. The molecular formula is C24H28N2O3. The third kappa shape index (κ3) is 3.11. The molecule has 1 aromatic rings. The molecule has 3 fully saturated rings. The summed E-state index contributed by atoms with van der Waals surface area (Å²) in [4.78, 5) is 43.7. The number of carbonyl (C=O) groups is 3. The molecule has 2 heterocycles. The molecular weight excluding hydrogens is 364 g/mol. The van der Waals surface area contributed by atoms with E-state index in [2.05, 4.69) is 12.2 Å². The van der Waals surface area contributed by atoms with E-state index in [4.69, 9.17) is 0 Å². The summed E-state index contributed by atoms with van der Waals surface area (Å²) in [5.41, 5.74) is 0.986. The van der Waals surface area contributed by atoms with Crippen LogP contribution in [0.5, 0.6) is 0 Å². The van der Waals surface area contributed by atoms with Gasteiger partial charge in [0, 0.05) is 19.5 Å². The van der Waals surface area contributed by atoms with Crippen molar-refractivity contribution in [3.05, 3.63) is 48.0 Å². The number of fused-ring (bicyclic) bond motifs is 1. The lowest BCUT2D eigenvalue weighted by atomic mass is 9.63. The molecule has 152 valence electrons. The minimum atomic E-state index is -0.722. The molecule has 0 N–H and O–H groups in total. The van der Waals surface area contributed by atoms with Crippen molar-refractivity contribution in [3.8, 4) is 0 Å². The van der Waals surface area contributed by atoms with E-state index in [1.165, 1.54) is 4.90 Å². The van der Waals surface area contributed by atoms with Crippen molar-refractivity contribution in [1.82, 2.24) is 9.80 Å². The first-order valence-electron chi connectivity index (χ1n) is 11.0. The van der Waals surface area contributed by atoms with Gasteiger partial charge in [0.15, 0.2) is 0 Å². The van der Waals surface area contributed by atoms with E-state index < -0.39 is 6.04 Å². The second-order valence-electron chi connectivity index (χ2n) is 8.98. The summed E-state index contributed by atoms with van der Waals surface area (Å²) in [6.45, 7) is 1.44. The van der Waals surface area contributed by atoms with Gasteiger partial charge < -0.3 is 4.90 Å². The summed E-state index contributed by atoms with van der Waals surface area (Å²) in [6, 6.07) is 9.04. The largest absolute Gasteiger partial charge is 0.341 e.